The predicted molar refractivity (Wildman–Crippen MR) is 66.6 cm³/mol. The molecule has 0 radical (unpaired) electrons. The lowest BCUT2D eigenvalue weighted by Gasteiger charge is -2.42. The Hall–Kier alpha value is -0.770. The molecule has 0 aromatic carbocycles. The molecule has 94 valence electrons. The molecule has 1 rings (SSSR count). The van der Waals surface area contributed by atoms with Crippen molar-refractivity contribution >= 4 is 6.03 Å². The number of carbonyl (C=O) groups excluding carboxylic acids is 1. The van der Waals surface area contributed by atoms with E-state index < -0.39 is 0 Å². The van der Waals surface area contributed by atoms with E-state index in [0.717, 1.165) is 26.2 Å². The molecule has 1 aliphatic rings. The summed E-state index contributed by atoms with van der Waals surface area (Å²) in [5, 5.41) is 2.93. The number of piperazine rings is 1. The van der Waals surface area contributed by atoms with Gasteiger partial charge < -0.3 is 10.2 Å². The summed E-state index contributed by atoms with van der Waals surface area (Å²) in [5.41, 5.74) is 0.209. The molecule has 4 nitrogen and oxygen atoms in total. The number of carbonyl (C=O) groups is 1. The van der Waals surface area contributed by atoms with Crippen LogP contribution in [-0.4, -0.2) is 53.6 Å². The van der Waals surface area contributed by atoms with E-state index in [4.69, 9.17) is 0 Å². The number of hydrogen-bond acceptors (Lipinski definition) is 2. The first-order valence-corrected chi connectivity index (χ1v) is 6.11. The van der Waals surface area contributed by atoms with E-state index in [1.165, 1.54) is 0 Å². The van der Waals surface area contributed by atoms with Crippen molar-refractivity contribution in [2.75, 3.05) is 26.2 Å². The maximum atomic E-state index is 11.8. The van der Waals surface area contributed by atoms with Gasteiger partial charge in [-0.05, 0) is 34.6 Å². The second kappa shape index (κ2) is 5.04. The van der Waals surface area contributed by atoms with Crippen LogP contribution in [0.25, 0.3) is 0 Å². The molecule has 1 saturated heterocycles. The monoisotopic (exact) mass is 227 g/mol. The first kappa shape index (κ1) is 13.3. The molecule has 1 heterocycles. The number of amides is 2. The molecule has 0 unspecified atom stereocenters. The topological polar surface area (TPSA) is 35.6 Å². The summed E-state index contributed by atoms with van der Waals surface area (Å²) in [4.78, 5) is 16.1. The Balaban J connectivity index is 2.40. The Kier molecular flexibility index (Phi) is 4.19. The zero-order chi connectivity index (χ0) is 12.3. The Morgan fingerprint density at radius 3 is 2.00 bits per heavy atom. The Morgan fingerprint density at radius 2 is 1.62 bits per heavy atom. The summed E-state index contributed by atoms with van der Waals surface area (Å²) in [5.74, 6) is 0. The van der Waals surface area contributed by atoms with Crippen LogP contribution in [0.4, 0.5) is 4.79 Å². The first-order chi connectivity index (χ1) is 7.30. The van der Waals surface area contributed by atoms with Crippen LogP contribution in [0.15, 0.2) is 0 Å². The van der Waals surface area contributed by atoms with Gasteiger partial charge in [-0.2, -0.15) is 0 Å². The fraction of sp³-hybridized carbons (Fsp3) is 0.917. The molecule has 4 heteroatoms. The third kappa shape index (κ3) is 3.67. The fourth-order valence-electron chi connectivity index (χ4n) is 1.92. The van der Waals surface area contributed by atoms with Crippen LogP contribution in [0.1, 0.15) is 34.6 Å². The molecule has 0 spiro atoms. The van der Waals surface area contributed by atoms with Gasteiger partial charge in [0.05, 0.1) is 0 Å². The van der Waals surface area contributed by atoms with Crippen molar-refractivity contribution < 1.29 is 4.79 Å². The highest BCUT2D eigenvalue weighted by atomic mass is 16.2. The standard InChI is InChI=1S/C12H25N3O/c1-10(2)13-11(16)14-6-8-15(9-7-14)12(3,4)5/h10H,6-9H2,1-5H3,(H,13,16). The lowest BCUT2D eigenvalue weighted by atomic mass is 10.1. The largest absolute Gasteiger partial charge is 0.336 e. The van der Waals surface area contributed by atoms with Gasteiger partial charge in [-0.25, -0.2) is 4.79 Å². The normalized spacial score (nSPS) is 19.0. The molecule has 1 fully saturated rings. The molecular formula is C12H25N3O. The van der Waals surface area contributed by atoms with Crippen molar-refractivity contribution in [1.82, 2.24) is 15.1 Å². The van der Waals surface area contributed by atoms with Gasteiger partial charge in [-0.15, -0.1) is 0 Å². The van der Waals surface area contributed by atoms with Crippen LogP contribution in [0, 0.1) is 0 Å². The molecule has 0 atom stereocenters. The molecular weight excluding hydrogens is 202 g/mol. The Morgan fingerprint density at radius 1 is 1.12 bits per heavy atom. The lowest BCUT2D eigenvalue weighted by molar-refractivity contribution is 0.0739. The summed E-state index contributed by atoms with van der Waals surface area (Å²) in [7, 11) is 0. The van der Waals surface area contributed by atoms with Gasteiger partial charge in [0.2, 0.25) is 0 Å². The average molecular weight is 227 g/mol. The van der Waals surface area contributed by atoms with Gasteiger partial charge >= 0.3 is 6.03 Å². The van der Waals surface area contributed by atoms with Gasteiger partial charge in [-0.3, -0.25) is 4.90 Å². The second-order valence-corrected chi connectivity index (χ2v) is 5.75. The van der Waals surface area contributed by atoms with Crippen LogP contribution >= 0.6 is 0 Å². The summed E-state index contributed by atoms with van der Waals surface area (Å²) in [6.07, 6.45) is 0. The molecule has 0 aliphatic carbocycles. The summed E-state index contributed by atoms with van der Waals surface area (Å²) < 4.78 is 0. The van der Waals surface area contributed by atoms with E-state index in [0.29, 0.717) is 0 Å². The number of hydrogen-bond donors (Lipinski definition) is 1. The Labute approximate surface area is 99.0 Å². The first-order valence-electron chi connectivity index (χ1n) is 6.11. The van der Waals surface area contributed by atoms with Gasteiger partial charge in [0.25, 0.3) is 0 Å². The molecule has 0 saturated carbocycles. The molecule has 1 N–H and O–H groups in total. The zero-order valence-corrected chi connectivity index (χ0v) is 11.2. The highest BCUT2D eigenvalue weighted by molar-refractivity contribution is 5.74. The Bertz CT molecular complexity index is 237. The van der Waals surface area contributed by atoms with Crippen molar-refractivity contribution in [2.24, 2.45) is 0 Å². The highest BCUT2D eigenvalue weighted by Gasteiger charge is 2.27. The SMILES string of the molecule is CC(C)NC(=O)N1CCN(C(C)(C)C)CC1. The number of rotatable bonds is 1. The molecule has 1 aliphatic heterocycles. The smallest absolute Gasteiger partial charge is 0.317 e. The minimum atomic E-state index is 0.0727. The summed E-state index contributed by atoms with van der Waals surface area (Å²) >= 11 is 0. The van der Waals surface area contributed by atoms with Crippen LogP contribution < -0.4 is 5.32 Å². The van der Waals surface area contributed by atoms with Crippen molar-refractivity contribution in [1.29, 1.82) is 0 Å². The van der Waals surface area contributed by atoms with Crippen molar-refractivity contribution in [3.05, 3.63) is 0 Å². The molecule has 16 heavy (non-hydrogen) atoms. The van der Waals surface area contributed by atoms with Crippen LogP contribution in [0.2, 0.25) is 0 Å². The number of urea groups is 1. The van der Waals surface area contributed by atoms with Crippen molar-refractivity contribution in [3.63, 3.8) is 0 Å². The third-order valence-corrected chi connectivity index (χ3v) is 2.93. The van der Waals surface area contributed by atoms with Gasteiger partial charge in [0.1, 0.15) is 0 Å². The zero-order valence-electron chi connectivity index (χ0n) is 11.2. The molecule has 0 aromatic heterocycles. The van der Waals surface area contributed by atoms with Crippen LogP contribution in [-0.2, 0) is 0 Å². The van der Waals surface area contributed by atoms with Crippen LogP contribution in [0.3, 0.4) is 0 Å². The van der Waals surface area contributed by atoms with E-state index in [2.05, 4.69) is 31.0 Å². The van der Waals surface area contributed by atoms with E-state index in [9.17, 15) is 4.79 Å². The summed E-state index contributed by atoms with van der Waals surface area (Å²) in [6, 6.07) is 0.289. The van der Waals surface area contributed by atoms with Crippen molar-refractivity contribution in [3.8, 4) is 0 Å². The number of nitrogens with zero attached hydrogens (tertiary/aromatic N) is 2. The molecule has 0 bridgehead atoms. The van der Waals surface area contributed by atoms with Gasteiger partial charge in [-0.1, -0.05) is 0 Å². The molecule has 2 amide bonds. The maximum absolute atomic E-state index is 11.8. The molecule has 0 aromatic rings. The maximum Gasteiger partial charge on any atom is 0.317 e. The predicted octanol–water partition coefficient (Wildman–Crippen LogP) is 1.52. The van der Waals surface area contributed by atoms with E-state index in [1.54, 1.807) is 0 Å². The third-order valence-electron chi connectivity index (χ3n) is 2.93. The van der Waals surface area contributed by atoms with E-state index in [-0.39, 0.29) is 17.6 Å². The minimum Gasteiger partial charge on any atom is -0.336 e. The fourth-order valence-corrected chi connectivity index (χ4v) is 1.92. The van der Waals surface area contributed by atoms with E-state index >= 15 is 0 Å². The average Bonchev–Trinajstić information content (AvgIpc) is 2.15. The van der Waals surface area contributed by atoms with Gasteiger partial charge in [0.15, 0.2) is 0 Å². The number of nitrogens with one attached hydrogen (secondary N) is 1. The van der Waals surface area contributed by atoms with Crippen LogP contribution in [0.5, 0.6) is 0 Å². The lowest BCUT2D eigenvalue weighted by Crippen LogP contribution is -2.56. The summed E-state index contributed by atoms with van der Waals surface area (Å²) in [6.45, 7) is 14.2. The minimum absolute atomic E-state index is 0.0727. The van der Waals surface area contributed by atoms with E-state index in [1.807, 2.05) is 18.7 Å². The highest BCUT2D eigenvalue weighted by Crippen LogP contribution is 2.15. The second-order valence-electron chi connectivity index (χ2n) is 5.75. The van der Waals surface area contributed by atoms with Gasteiger partial charge in [0, 0.05) is 37.8 Å². The van der Waals surface area contributed by atoms with Crippen molar-refractivity contribution in [2.45, 2.75) is 46.2 Å². The quantitative estimate of drug-likeness (QED) is 0.737.